The van der Waals surface area contributed by atoms with Crippen molar-refractivity contribution in [3.05, 3.63) is 23.3 Å². The molecule has 0 aromatic heterocycles. The molecule has 2 nitrogen and oxygen atoms in total. The molecular weight excluding hydrogens is 270 g/mol. The lowest BCUT2D eigenvalue weighted by Crippen LogP contribution is -2.41. The van der Waals surface area contributed by atoms with Crippen molar-refractivity contribution in [2.75, 3.05) is 12.8 Å². The van der Waals surface area contributed by atoms with Crippen molar-refractivity contribution >= 4 is 5.69 Å². The fourth-order valence-electron chi connectivity index (χ4n) is 6.06. The number of aryl methyl sites for hydroxylation is 1. The maximum absolute atomic E-state index is 6.12. The summed E-state index contributed by atoms with van der Waals surface area (Å²) in [5.41, 5.74) is 10.5. The maximum atomic E-state index is 6.12. The van der Waals surface area contributed by atoms with Crippen LogP contribution in [0.4, 0.5) is 5.69 Å². The first-order chi connectivity index (χ1) is 10.5. The largest absolute Gasteiger partial charge is 0.495 e. The molecule has 5 atom stereocenters. The van der Waals surface area contributed by atoms with E-state index in [0.29, 0.717) is 5.41 Å². The summed E-state index contributed by atoms with van der Waals surface area (Å²) in [7, 11) is 1.73. The molecule has 2 fully saturated rings. The van der Waals surface area contributed by atoms with Gasteiger partial charge in [0.25, 0.3) is 0 Å². The van der Waals surface area contributed by atoms with Crippen molar-refractivity contribution in [1.29, 1.82) is 0 Å². The van der Waals surface area contributed by atoms with Crippen molar-refractivity contribution in [2.24, 2.45) is 23.2 Å². The van der Waals surface area contributed by atoms with Gasteiger partial charge in [0.1, 0.15) is 5.75 Å². The first kappa shape index (κ1) is 14.4. The van der Waals surface area contributed by atoms with E-state index in [1.807, 2.05) is 0 Å². The summed E-state index contributed by atoms with van der Waals surface area (Å²) in [6.07, 6.45) is 8.18. The quantitative estimate of drug-likeness (QED) is 0.758. The fraction of sp³-hybridized carbons (Fsp3) is 0.700. The van der Waals surface area contributed by atoms with Gasteiger partial charge in [-0.1, -0.05) is 13.8 Å². The summed E-state index contributed by atoms with van der Waals surface area (Å²) in [6, 6.07) is 4.43. The second-order valence-corrected chi connectivity index (χ2v) is 8.23. The first-order valence-corrected chi connectivity index (χ1v) is 9.01. The molecule has 0 aliphatic heterocycles. The van der Waals surface area contributed by atoms with Crippen molar-refractivity contribution in [3.63, 3.8) is 0 Å². The smallest absolute Gasteiger partial charge is 0.142 e. The zero-order chi connectivity index (χ0) is 15.5. The zero-order valence-electron chi connectivity index (χ0n) is 14.2. The van der Waals surface area contributed by atoms with Gasteiger partial charge in [-0.3, -0.25) is 0 Å². The monoisotopic (exact) mass is 299 g/mol. The number of fused-ring (bicyclic) bond motifs is 5. The molecule has 0 saturated heterocycles. The molecule has 2 heteroatoms. The molecule has 0 heterocycles. The summed E-state index contributed by atoms with van der Waals surface area (Å²) in [6.45, 7) is 5.06. The maximum Gasteiger partial charge on any atom is 0.142 e. The normalized spacial score (nSPS) is 39.8. The van der Waals surface area contributed by atoms with Crippen LogP contribution in [-0.2, 0) is 6.42 Å². The van der Waals surface area contributed by atoms with Crippen LogP contribution in [0.25, 0.3) is 0 Å². The number of hydrogen-bond donors (Lipinski definition) is 1. The lowest BCUT2D eigenvalue weighted by molar-refractivity contribution is 0.0336. The Morgan fingerprint density at radius 2 is 2.00 bits per heavy atom. The Labute approximate surface area is 134 Å². The van der Waals surface area contributed by atoms with Gasteiger partial charge in [0.15, 0.2) is 0 Å². The number of nitrogens with two attached hydrogens (primary N) is 1. The molecule has 3 aliphatic rings. The van der Waals surface area contributed by atoms with Crippen LogP contribution in [0, 0.1) is 23.2 Å². The van der Waals surface area contributed by atoms with Crippen LogP contribution >= 0.6 is 0 Å². The van der Waals surface area contributed by atoms with Crippen molar-refractivity contribution in [3.8, 4) is 5.75 Å². The van der Waals surface area contributed by atoms with Crippen LogP contribution in [0.1, 0.15) is 63.0 Å². The van der Waals surface area contributed by atoms with E-state index in [0.717, 1.165) is 35.1 Å². The third-order valence-electron chi connectivity index (χ3n) is 7.55. The molecule has 3 aliphatic carbocycles. The Kier molecular flexibility index (Phi) is 3.22. The summed E-state index contributed by atoms with van der Waals surface area (Å²) in [5, 5.41) is 0. The Bertz CT molecular complexity index is 596. The van der Waals surface area contributed by atoms with Gasteiger partial charge in [-0.15, -0.1) is 0 Å². The highest BCUT2D eigenvalue weighted by atomic mass is 16.5. The fourth-order valence-corrected chi connectivity index (χ4v) is 6.06. The molecule has 0 amide bonds. The number of benzene rings is 1. The van der Waals surface area contributed by atoms with E-state index in [1.54, 1.807) is 12.7 Å². The third-order valence-corrected chi connectivity index (χ3v) is 7.55. The second kappa shape index (κ2) is 4.91. The molecule has 0 radical (unpaired) electrons. The molecule has 0 unspecified atom stereocenters. The van der Waals surface area contributed by atoms with E-state index in [4.69, 9.17) is 10.5 Å². The lowest BCUT2D eigenvalue weighted by Gasteiger charge is -2.50. The SMILES string of the molecule is COc1cc2c(cc1N)CC[C@@H]1[C@@H]2CC[C@]2(C)[C@@H](C)CC[C@@H]12. The molecule has 0 bridgehead atoms. The van der Waals surface area contributed by atoms with Crippen LogP contribution in [0.15, 0.2) is 12.1 Å². The van der Waals surface area contributed by atoms with E-state index in [9.17, 15) is 0 Å². The minimum Gasteiger partial charge on any atom is -0.495 e. The first-order valence-electron chi connectivity index (χ1n) is 9.01. The van der Waals surface area contributed by atoms with Gasteiger partial charge in [-0.2, -0.15) is 0 Å². The predicted octanol–water partition coefficient (Wildman–Crippen LogP) is 4.77. The van der Waals surface area contributed by atoms with Crippen LogP contribution < -0.4 is 10.5 Å². The highest BCUT2D eigenvalue weighted by molar-refractivity contribution is 5.58. The molecule has 0 spiro atoms. The van der Waals surface area contributed by atoms with Crippen LogP contribution in [0.3, 0.4) is 0 Å². The highest BCUT2D eigenvalue weighted by Gasteiger charge is 2.53. The van der Waals surface area contributed by atoms with Gasteiger partial charge in [0.05, 0.1) is 12.8 Å². The number of methoxy groups -OCH3 is 1. The highest BCUT2D eigenvalue weighted by Crippen LogP contribution is 2.63. The summed E-state index contributed by atoms with van der Waals surface area (Å²) >= 11 is 0. The number of rotatable bonds is 1. The van der Waals surface area contributed by atoms with Crippen LogP contribution in [-0.4, -0.2) is 7.11 Å². The molecular formula is C20H29NO. The Morgan fingerprint density at radius 1 is 1.18 bits per heavy atom. The van der Waals surface area contributed by atoms with Gasteiger partial charge in [0, 0.05) is 0 Å². The third kappa shape index (κ3) is 1.85. The Morgan fingerprint density at radius 3 is 2.77 bits per heavy atom. The van der Waals surface area contributed by atoms with Gasteiger partial charge in [-0.05, 0) is 90.9 Å². The average molecular weight is 299 g/mol. The van der Waals surface area contributed by atoms with Crippen molar-refractivity contribution < 1.29 is 4.74 Å². The van der Waals surface area contributed by atoms with Gasteiger partial charge >= 0.3 is 0 Å². The molecule has 22 heavy (non-hydrogen) atoms. The topological polar surface area (TPSA) is 35.2 Å². The van der Waals surface area contributed by atoms with Crippen LogP contribution in [0.5, 0.6) is 5.75 Å². The van der Waals surface area contributed by atoms with E-state index in [-0.39, 0.29) is 0 Å². The van der Waals surface area contributed by atoms with E-state index in [1.165, 1.54) is 44.1 Å². The van der Waals surface area contributed by atoms with Gasteiger partial charge in [0.2, 0.25) is 0 Å². The molecule has 2 saturated carbocycles. The minimum absolute atomic E-state index is 0.594. The van der Waals surface area contributed by atoms with Crippen LogP contribution in [0.2, 0.25) is 0 Å². The number of hydrogen-bond acceptors (Lipinski definition) is 2. The van der Waals surface area contributed by atoms with E-state index >= 15 is 0 Å². The zero-order valence-corrected chi connectivity index (χ0v) is 14.2. The molecule has 120 valence electrons. The molecule has 1 aromatic rings. The van der Waals surface area contributed by atoms with E-state index in [2.05, 4.69) is 26.0 Å². The Hall–Kier alpha value is -1.18. The average Bonchev–Trinajstić information content (AvgIpc) is 2.82. The van der Waals surface area contributed by atoms with E-state index < -0.39 is 0 Å². The number of ether oxygens (including phenoxy) is 1. The summed E-state index contributed by atoms with van der Waals surface area (Å²) in [5.74, 6) is 4.32. The number of anilines is 1. The molecule has 4 rings (SSSR count). The van der Waals surface area contributed by atoms with Gasteiger partial charge in [-0.25, -0.2) is 0 Å². The summed E-state index contributed by atoms with van der Waals surface area (Å²) < 4.78 is 5.49. The predicted molar refractivity (Wildman–Crippen MR) is 91.2 cm³/mol. The standard InChI is InChI=1S/C20H29NO/c1-12-4-7-17-15-6-5-13-10-18(21)19(22-3)11-16(13)14(15)8-9-20(12,17)2/h10-12,14-15,17H,4-9,21H2,1-3H3/t12-,14-,15+,17-,20+/m0/s1. The minimum atomic E-state index is 0.594. The Balaban J connectivity index is 1.72. The summed E-state index contributed by atoms with van der Waals surface area (Å²) in [4.78, 5) is 0. The van der Waals surface area contributed by atoms with Crippen molar-refractivity contribution in [1.82, 2.24) is 0 Å². The molecule has 2 N–H and O–H groups in total. The van der Waals surface area contributed by atoms with Crippen molar-refractivity contribution in [2.45, 2.75) is 58.3 Å². The second-order valence-electron chi connectivity index (χ2n) is 8.23. The number of nitrogen functional groups attached to an aromatic ring is 1. The molecule has 1 aromatic carbocycles. The lowest BCUT2D eigenvalue weighted by atomic mass is 9.54. The van der Waals surface area contributed by atoms with Gasteiger partial charge < -0.3 is 10.5 Å².